The van der Waals surface area contributed by atoms with Crippen molar-refractivity contribution in [3.05, 3.63) is 42.0 Å². The molecule has 0 bridgehead atoms. The molecule has 0 spiro atoms. The number of hydrogen-bond acceptors (Lipinski definition) is 3. The van der Waals surface area contributed by atoms with Crippen LogP contribution in [0.1, 0.15) is 30.5 Å². The summed E-state index contributed by atoms with van der Waals surface area (Å²) in [6.07, 6.45) is 4.34. The summed E-state index contributed by atoms with van der Waals surface area (Å²) < 4.78 is 27.8. The first-order chi connectivity index (χ1) is 9.25. The van der Waals surface area contributed by atoms with Gasteiger partial charge in [0.2, 0.25) is 0 Å². The molecule has 0 amide bonds. The number of aromatic nitrogens is 3. The van der Waals surface area contributed by atoms with Crippen molar-refractivity contribution in [2.24, 2.45) is 0 Å². The zero-order chi connectivity index (χ0) is 13.2. The van der Waals surface area contributed by atoms with E-state index >= 15 is 0 Å². The number of hydrogen-bond donors (Lipinski definition) is 1. The van der Waals surface area contributed by atoms with Gasteiger partial charge in [0.1, 0.15) is 5.69 Å². The Hall–Kier alpha value is -1.82. The zero-order valence-electron chi connectivity index (χ0n) is 10.3. The molecular weight excluding hydrogens is 250 g/mol. The van der Waals surface area contributed by atoms with E-state index in [0.29, 0.717) is 23.8 Å². The molecule has 2 heterocycles. The maximum atomic E-state index is 13.2. The summed E-state index contributed by atoms with van der Waals surface area (Å²) in [5.74, 6) is 0. The van der Waals surface area contributed by atoms with E-state index in [9.17, 15) is 8.78 Å². The highest BCUT2D eigenvalue weighted by Gasteiger charge is 2.24. The topological polar surface area (TPSA) is 42.7 Å². The summed E-state index contributed by atoms with van der Waals surface area (Å²) in [5.41, 5.74) is 1.11. The van der Waals surface area contributed by atoms with Crippen LogP contribution in [0.25, 0.3) is 5.69 Å². The molecule has 4 nitrogen and oxygen atoms in total. The maximum Gasteiger partial charge on any atom is 0.280 e. The van der Waals surface area contributed by atoms with Crippen LogP contribution in [0.15, 0.2) is 30.7 Å². The predicted molar refractivity (Wildman–Crippen MR) is 66.2 cm³/mol. The van der Waals surface area contributed by atoms with Crippen molar-refractivity contribution < 1.29 is 8.78 Å². The first kappa shape index (κ1) is 12.2. The van der Waals surface area contributed by atoms with E-state index in [1.165, 1.54) is 10.9 Å². The van der Waals surface area contributed by atoms with E-state index in [1.54, 1.807) is 24.5 Å². The molecule has 1 fully saturated rings. The second-order valence-electron chi connectivity index (χ2n) is 4.63. The van der Waals surface area contributed by atoms with Crippen LogP contribution in [0.2, 0.25) is 0 Å². The summed E-state index contributed by atoms with van der Waals surface area (Å²) in [6, 6.07) is 3.81. The second-order valence-corrected chi connectivity index (χ2v) is 4.63. The molecule has 1 aliphatic rings. The molecule has 0 saturated heterocycles. The van der Waals surface area contributed by atoms with Crippen molar-refractivity contribution in [3.63, 3.8) is 0 Å². The largest absolute Gasteiger partial charge is 0.310 e. The van der Waals surface area contributed by atoms with Crippen molar-refractivity contribution in [3.8, 4) is 5.69 Å². The van der Waals surface area contributed by atoms with E-state index in [1.807, 2.05) is 0 Å². The summed E-state index contributed by atoms with van der Waals surface area (Å²) in [4.78, 5) is 3.88. The van der Waals surface area contributed by atoms with E-state index in [2.05, 4.69) is 15.4 Å². The lowest BCUT2D eigenvalue weighted by Gasteiger charge is -2.09. The molecule has 0 unspecified atom stereocenters. The van der Waals surface area contributed by atoms with Crippen molar-refractivity contribution in [2.45, 2.75) is 31.9 Å². The minimum absolute atomic E-state index is 0.0423. The molecule has 2 aromatic rings. The van der Waals surface area contributed by atoms with Gasteiger partial charge >= 0.3 is 0 Å². The lowest BCUT2D eigenvalue weighted by molar-refractivity contribution is 0.141. The minimum Gasteiger partial charge on any atom is -0.310 e. The van der Waals surface area contributed by atoms with Crippen molar-refractivity contribution >= 4 is 0 Å². The lowest BCUT2D eigenvalue weighted by Crippen LogP contribution is -2.16. The average Bonchev–Trinajstić information content (AvgIpc) is 3.15. The molecule has 0 atom stereocenters. The Balaban J connectivity index is 1.91. The van der Waals surface area contributed by atoms with Gasteiger partial charge in [0.25, 0.3) is 6.43 Å². The fourth-order valence-electron chi connectivity index (χ4n) is 1.99. The molecule has 0 radical (unpaired) electrons. The molecule has 19 heavy (non-hydrogen) atoms. The molecular formula is C13H14F2N4. The van der Waals surface area contributed by atoms with Crippen molar-refractivity contribution in [1.82, 2.24) is 20.1 Å². The molecule has 2 aromatic heterocycles. The smallest absolute Gasteiger partial charge is 0.280 e. The van der Waals surface area contributed by atoms with Gasteiger partial charge in [-0.3, -0.25) is 4.98 Å². The zero-order valence-corrected chi connectivity index (χ0v) is 10.3. The summed E-state index contributed by atoms with van der Waals surface area (Å²) in [7, 11) is 0. The van der Waals surface area contributed by atoms with E-state index in [4.69, 9.17) is 0 Å². The van der Waals surface area contributed by atoms with Crippen LogP contribution in [0.5, 0.6) is 0 Å². The van der Waals surface area contributed by atoms with Crippen molar-refractivity contribution in [1.29, 1.82) is 0 Å². The molecule has 3 rings (SSSR count). The van der Waals surface area contributed by atoms with Crippen LogP contribution in [0, 0.1) is 0 Å². The number of pyridine rings is 1. The van der Waals surface area contributed by atoms with Gasteiger partial charge in [0.15, 0.2) is 0 Å². The number of nitrogens with zero attached hydrogens (tertiary/aromatic N) is 3. The monoisotopic (exact) mass is 264 g/mol. The Morgan fingerprint density at radius 2 is 2.05 bits per heavy atom. The highest BCUT2D eigenvalue weighted by molar-refractivity contribution is 5.34. The molecule has 0 aliphatic heterocycles. The highest BCUT2D eigenvalue weighted by Crippen LogP contribution is 2.26. The normalized spacial score (nSPS) is 15.1. The van der Waals surface area contributed by atoms with E-state index in [0.717, 1.165) is 12.8 Å². The van der Waals surface area contributed by atoms with Crippen LogP contribution in [0.4, 0.5) is 8.78 Å². The quantitative estimate of drug-likeness (QED) is 0.902. The Labute approximate surface area is 109 Å². The van der Waals surface area contributed by atoms with Crippen molar-refractivity contribution in [2.75, 3.05) is 0 Å². The summed E-state index contributed by atoms with van der Waals surface area (Å²) >= 11 is 0. The molecule has 1 saturated carbocycles. The number of halogens is 2. The first-order valence-electron chi connectivity index (χ1n) is 6.24. The van der Waals surface area contributed by atoms with Crippen LogP contribution in [-0.2, 0) is 6.54 Å². The number of rotatable bonds is 5. The van der Waals surface area contributed by atoms with Gasteiger partial charge in [-0.05, 0) is 25.0 Å². The third-order valence-electron chi connectivity index (χ3n) is 3.16. The average molecular weight is 264 g/mol. The van der Waals surface area contributed by atoms with E-state index < -0.39 is 6.43 Å². The van der Waals surface area contributed by atoms with Gasteiger partial charge in [-0.15, -0.1) is 0 Å². The molecule has 1 N–H and O–H groups in total. The Morgan fingerprint density at radius 1 is 1.32 bits per heavy atom. The molecule has 6 heteroatoms. The van der Waals surface area contributed by atoms with Crippen LogP contribution < -0.4 is 5.32 Å². The summed E-state index contributed by atoms with van der Waals surface area (Å²) in [6.45, 7) is 0.440. The van der Waals surface area contributed by atoms with Crippen LogP contribution in [0.3, 0.4) is 0 Å². The summed E-state index contributed by atoms with van der Waals surface area (Å²) in [5, 5.41) is 7.31. The Kier molecular flexibility index (Phi) is 3.25. The molecule has 1 aliphatic carbocycles. The SMILES string of the molecule is FC(F)c1c(CNC2CC2)cnn1-c1ccncc1. The van der Waals surface area contributed by atoms with Gasteiger partial charge in [-0.25, -0.2) is 13.5 Å². The molecule has 100 valence electrons. The third kappa shape index (κ3) is 2.63. The molecule has 0 aromatic carbocycles. The standard InChI is InChI=1S/C13H14F2N4/c14-13(15)12-9(7-17-10-1-2-10)8-18-19(12)11-3-5-16-6-4-11/h3-6,8,10,13,17H,1-2,7H2. The fourth-order valence-corrected chi connectivity index (χ4v) is 1.99. The van der Waals surface area contributed by atoms with E-state index in [-0.39, 0.29) is 5.69 Å². The number of alkyl halides is 2. The van der Waals surface area contributed by atoms with Gasteiger partial charge in [-0.1, -0.05) is 0 Å². The van der Waals surface area contributed by atoms with Gasteiger partial charge in [0, 0.05) is 30.5 Å². The van der Waals surface area contributed by atoms with Gasteiger partial charge in [-0.2, -0.15) is 5.10 Å². The Morgan fingerprint density at radius 3 is 2.68 bits per heavy atom. The lowest BCUT2D eigenvalue weighted by atomic mass is 10.2. The predicted octanol–water partition coefficient (Wildman–Crippen LogP) is 2.46. The van der Waals surface area contributed by atoms with Gasteiger partial charge < -0.3 is 5.32 Å². The Bertz CT molecular complexity index is 549. The van der Waals surface area contributed by atoms with Gasteiger partial charge in [0.05, 0.1) is 11.9 Å². The fraction of sp³-hybridized carbons (Fsp3) is 0.385. The highest BCUT2D eigenvalue weighted by atomic mass is 19.3. The van der Waals surface area contributed by atoms with Crippen LogP contribution in [-0.4, -0.2) is 20.8 Å². The first-order valence-corrected chi connectivity index (χ1v) is 6.24. The maximum absolute atomic E-state index is 13.2. The third-order valence-corrected chi connectivity index (χ3v) is 3.16. The minimum atomic E-state index is -2.55. The second kappa shape index (κ2) is 5.05. The number of nitrogens with one attached hydrogen (secondary N) is 1. The van der Waals surface area contributed by atoms with Crippen LogP contribution >= 0.6 is 0 Å².